The molecule has 0 rings (SSSR count). The predicted molar refractivity (Wildman–Crippen MR) is 142 cm³/mol. The Morgan fingerprint density at radius 3 is 2.03 bits per heavy atom. The van der Waals surface area contributed by atoms with E-state index in [9.17, 15) is 19.5 Å². The van der Waals surface area contributed by atoms with Crippen LogP contribution < -0.4 is 16.4 Å². The maximum atomic E-state index is 12.5. The summed E-state index contributed by atoms with van der Waals surface area (Å²) in [4.78, 5) is 35.5. The second-order valence-corrected chi connectivity index (χ2v) is 9.92. The smallest absolute Gasteiger partial charge is 0.327 e. The molecule has 5 N–H and O–H groups in total. The number of thioether (sulfide) groups is 1. The number of nitrogens with one attached hydrogen (secondary N) is 2. The molecule has 2 atom stereocenters. The molecule has 0 aromatic heterocycles. The Bertz CT molecular complexity index is 783. The first-order valence-electron chi connectivity index (χ1n) is 11.7. The first-order chi connectivity index (χ1) is 15.9. The lowest BCUT2D eigenvalue weighted by atomic mass is 10.1. The largest absolute Gasteiger partial charge is 0.480 e. The highest BCUT2D eigenvalue weighted by Crippen LogP contribution is 2.13. The lowest BCUT2D eigenvalue weighted by molar-refractivity contribution is -0.141. The van der Waals surface area contributed by atoms with Crippen molar-refractivity contribution < 1.29 is 19.5 Å². The van der Waals surface area contributed by atoms with Gasteiger partial charge in [-0.2, -0.15) is 11.8 Å². The van der Waals surface area contributed by atoms with Gasteiger partial charge in [0.15, 0.2) is 0 Å². The number of amides is 2. The van der Waals surface area contributed by atoms with E-state index in [1.807, 2.05) is 0 Å². The fourth-order valence-corrected chi connectivity index (χ4v) is 4.02. The average molecular weight is 494 g/mol. The Morgan fingerprint density at radius 2 is 1.50 bits per heavy atom. The minimum atomic E-state index is -1.11. The van der Waals surface area contributed by atoms with Crippen LogP contribution in [0.5, 0.6) is 0 Å². The van der Waals surface area contributed by atoms with Crippen LogP contribution in [0.15, 0.2) is 47.2 Å². The molecule has 192 valence electrons. The van der Waals surface area contributed by atoms with Gasteiger partial charge in [-0.05, 0) is 66.2 Å². The summed E-state index contributed by atoms with van der Waals surface area (Å²) in [6, 6.07) is -1.90. The van der Waals surface area contributed by atoms with Gasteiger partial charge in [0.2, 0.25) is 11.8 Å². The van der Waals surface area contributed by atoms with E-state index in [0.717, 1.165) is 25.7 Å². The summed E-state index contributed by atoms with van der Waals surface area (Å²) in [7, 11) is 0. The summed E-state index contributed by atoms with van der Waals surface area (Å²) >= 11 is 1.44. The summed E-state index contributed by atoms with van der Waals surface area (Å²) in [6.07, 6.45) is 11.3. The molecular formula is C26H43N3O4S. The number of hydrogen-bond donors (Lipinski definition) is 4. The van der Waals surface area contributed by atoms with Gasteiger partial charge in [0.05, 0.1) is 0 Å². The van der Waals surface area contributed by atoms with Gasteiger partial charge >= 0.3 is 5.97 Å². The number of carbonyl (C=O) groups is 3. The maximum Gasteiger partial charge on any atom is 0.327 e. The lowest BCUT2D eigenvalue weighted by Crippen LogP contribution is -2.52. The molecule has 7 nitrogen and oxygen atoms in total. The predicted octanol–water partition coefficient (Wildman–Crippen LogP) is 4.47. The second-order valence-electron chi connectivity index (χ2n) is 8.85. The van der Waals surface area contributed by atoms with Crippen LogP contribution in [0.1, 0.15) is 73.1 Å². The van der Waals surface area contributed by atoms with Crippen LogP contribution in [0.25, 0.3) is 0 Å². The summed E-state index contributed by atoms with van der Waals surface area (Å²) in [5, 5.41) is 14.6. The molecule has 34 heavy (non-hydrogen) atoms. The van der Waals surface area contributed by atoms with Crippen molar-refractivity contribution in [3.05, 3.63) is 47.2 Å². The van der Waals surface area contributed by atoms with Crippen molar-refractivity contribution in [3.63, 3.8) is 0 Å². The lowest BCUT2D eigenvalue weighted by Gasteiger charge is -2.21. The number of aliphatic carboxylic acids is 1. The Morgan fingerprint density at radius 1 is 0.912 bits per heavy atom. The number of allylic oxidation sites excluding steroid dienone is 6. The normalized spacial score (nSPS) is 13.6. The second kappa shape index (κ2) is 17.9. The van der Waals surface area contributed by atoms with Crippen molar-refractivity contribution in [2.75, 3.05) is 11.5 Å². The number of hydrogen-bond acceptors (Lipinski definition) is 5. The Labute approximate surface area is 209 Å². The summed E-state index contributed by atoms with van der Waals surface area (Å²) in [5.74, 6) is -1.13. The van der Waals surface area contributed by atoms with E-state index in [1.54, 1.807) is 0 Å². The van der Waals surface area contributed by atoms with E-state index in [-0.39, 0.29) is 18.1 Å². The van der Waals surface area contributed by atoms with Gasteiger partial charge in [0, 0.05) is 24.1 Å². The minimum absolute atomic E-state index is 0.227. The molecule has 8 heteroatoms. The van der Waals surface area contributed by atoms with Crippen molar-refractivity contribution >= 4 is 29.5 Å². The third-order valence-electron chi connectivity index (χ3n) is 5.02. The fraction of sp³-hybridized carbons (Fsp3) is 0.577. The zero-order chi connectivity index (χ0) is 26.1. The van der Waals surface area contributed by atoms with Crippen LogP contribution in [0.3, 0.4) is 0 Å². The van der Waals surface area contributed by atoms with Gasteiger partial charge in [-0.15, -0.1) is 0 Å². The Hall–Kier alpha value is -2.48. The molecule has 2 unspecified atom stereocenters. The molecule has 0 aliphatic heterocycles. The van der Waals surface area contributed by atoms with Crippen molar-refractivity contribution in [1.82, 2.24) is 10.6 Å². The van der Waals surface area contributed by atoms with Crippen LogP contribution in [-0.2, 0) is 14.4 Å². The van der Waals surface area contributed by atoms with E-state index in [2.05, 4.69) is 63.1 Å². The van der Waals surface area contributed by atoms with Gasteiger partial charge < -0.3 is 21.5 Å². The van der Waals surface area contributed by atoms with Crippen LogP contribution >= 0.6 is 11.8 Å². The van der Waals surface area contributed by atoms with Gasteiger partial charge in [0.25, 0.3) is 0 Å². The summed E-state index contributed by atoms with van der Waals surface area (Å²) in [5.41, 5.74) is 9.94. The van der Waals surface area contributed by atoms with Gasteiger partial charge in [-0.25, -0.2) is 4.79 Å². The molecule has 0 aromatic carbocycles. The Balaban J connectivity index is 4.59. The SMILES string of the molecule is C=C(N)CCC(NC(C)=O)C(=O)NC(CSC/C=C(\C)CC/C=C(\C)CCC=C(C)C)C(=O)O. The van der Waals surface area contributed by atoms with Crippen LogP contribution in [0, 0.1) is 0 Å². The first-order valence-corrected chi connectivity index (χ1v) is 12.8. The minimum Gasteiger partial charge on any atom is -0.480 e. The number of rotatable bonds is 17. The molecule has 0 saturated carbocycles. The van der Waals surface area contributed by atoms with E-state index in [4.69, 9.17) is 5.73 Å². The van der Waals surface area contributed by atoms with Crippen LogP contribution in [-0.4, -0.2) is 46.5 Å². The number of nitrogens with two attached hydrogens (primary N) is 1. The molecule has 0 aliphatic rings. The quantitative estimate of drug-likeness (QED) is 0.175. The molecule has 0 radical (unpaired) electrons. The zero-order valence-corrected chi connectivity index (χ0v) is 22.2. The molecule has 0 aromatic rings. The van der Waals surface area contributed by atoms with Crippen molar-refractivity contribution in [1.29, 1.82) is 0 Å². The third-order valence-corrected chi connectivity index (χ3v) is 5.99. The molecule has 0 bridgehead atoms. The van der Waals surface area contributed by atoms with Crippen LogP contribution in [0.4, 0.5) is 0 Å². The van der Waals surface area contributed by atoms with Crippen molar-refractivity contribution in [2.24, 2.45) is 5.73 Å². The van der Waals surface area contributed by atoms with E-state index < -0.39 is 24.0 Å². The number of carbonyl (C=O) groups excluding carboxylic acids is 2. The number of carboxylic acid groups (broad SMARTS) is 1. The maximum absolute atomic E-state index is 12.5. The average Bonchev–Trinajstić information content (AvgIpc) is 2.72. The molecule has 0 heterocycles. The first kappa shape index (κ1) is 31.5. The fourth-order valence-electron chi connectivity index (χ4n) is 3.02. The topological polar surface area (TPSA) is 122 Å². The van der Waals surface area contributed by atoms with Gasteiger partial charge in [-0.1, -0.05) is 41.5 Å². The van der Waals surface area contributed by atoms with Crippen LogP contribution in [0.2, 0.25) is 0 Å². The molecule has 0 spiro atoms. The standard InChI is InChI=1S/C26H43N3O4S/c1-18(2)9-7-10-19(3)11-8-12-20(4)15-16-34-17-24(26(32)33)29-25(31)23(28-22(6)30)14-13-21(5)27/h9,11,15,23-24H,5,7-8,10,12-14,16-17,27H2,1-4,6H3,(H,28,30)(H,29,31)(H,32,33)/b19-11+,20-15+. The molecular weight excluding hydrogens is 450 g/mol. The van der Waals surface area contributed by atoms with Gasteiger partial charge in [-0.3, -0.25) is 9.59 Å². The molecule has 0 saturated heterocycles. The highest BCUT2D eigenvalue weighted by molar-refractivity contribution is 7.99. The highest BCUT2D eigenvalue weighted by Gasteiger charge is 2.25. The van der Waals surface area contributed by atoms with Crippen molar-refractivity contribution in [2.45, 2.75) is 85.2 Å². The summed E-state index contributed by atoms with van der Waals surface area (Å²) in [6.45, 7) is 13.4. The van der Waals surface area contributed by atoms with E-state index in [0.29, 0.717) is 17.9 Å². The monoisotopic (exact) mass is 493 g/mol. The molecule has 0 aliphatic carbocycles. The summed E-state index contributed by atoms with van der Waals surface area (Å²) < 4.78 is 0. The van der Waals surface area contributed by atoms with E-state index >= 15 is 0 Å². The molecule has 0 fully saturated rings. The zero-order valence-electron chi connectivity index (χ0n) is 21.4. The van der Waals surface area contributed by atoms with Gasteiger partial charge in [0.1, 0.15) is 12.1 Å². The third kappa shape index (κ3) is 17.1. The molecule has 2 amide bonds. The van der Waals surface area contributed by atoms with E-state index in [1.165, 1.54) is 35.4 Å². The Kier molecular flexibility index (Phi) is 16.6. The number of carboxylic acids is 1. The van der Waals surface area contributed by atoms with Crippen molar-refractivity contribution in [3.8, 4) is 0 Å². The highest BCUT2D eigenvalue weighted by atomic mass is 32.2.